The fraction of sp³-hybridized carbons (Fsp3) is 0. The summed E-state index contributed by atoms with van der Waals surface area (Å²) in [5, 5.41) is 12.2. The lowest BCUT2D eigenvalue weighted by Gasteiger charge is -2.13. The molecule has 0 saturated heterocycles. The molecule has 0 aliphatic heterocycles. The summed E-state index contributed by atoms with van der Waals surface area (Å²) in [5.41, 5.74) is 13.4. The first-order valence-corrected chi connectivity index (χ1v) is 19.6. The molecule has 5 heteroatoms. The highest BCUT2D eigenvalue weighted by molar-refractivity contribution is 6.33. The Bertz CT molecular complexity index is 4080. The van der Waals surface area contributed by atoms with Crippen molar-refractivity contribution in [3.05, 3.63) is 170 Å². The fourth-order valence-corrected chi connectivity index (χ4v) is 9.77. The number of furan rings is 3. The average molecular weight is 741 g/mol. The summed E-state index contributed by atoms with van der Waals surface area (Å²) >= 11 is 0. The maximum absolute atomic E-state index is 6.75. The minimum absolute atomic E-state index is 0.790. The van der Waals surface area contributed by atoms with Gasteiger partial charge < -0.3 is 13.3 Å². The van der Waals surface area contributed by atoms with E-state index in [0.29, 0.717) is 0 Å². The second-order valence-electron chi connectivity index (χ2n) is 15.4. The van der Waals surface area contributed by atoms with Gasteiger partial charge in [0.1, 0.15) is 39.1 Å². The largest absolute Gasteiger partial charge is 0.456 e. The molecule has 0 fully saturated rings. The molecule has 5 nitrogen and oxygen atoms in total. The summed E-state index contributed by atoms with van der Waals surface area (Å²) in [6.45, 7) is 0. The van der Waals surface area contributed by atoms with E-state index in [4.69, 9.17) is 18.2 Å². The SMILES string of the molecule is c1ccc2c(c1)ccc1c3ccc(-c4ccc(-c5cc6oc7ccc8c9ccccc9oc8c7c6c6c5oc5ccccc56)cc4)cc3n3c4ccccc4nc3c21. The number of aromatic nitrogens is 2. The third kappa shape index (κ3) is 3.92. The summed E-state index contributed by atoms with van der Waals surface area (Å²) in [7, 11) is 0. The minimum atomic E-state index is 0.790. The fourth-order valence-electron chi connectivity index (χ4n) is 9.77. The van der Waals surface area contributed by atoms with Crippen molar-refractivity contribution in [1.82, 2.24) is 9.38 Å². The van der Waals surface area contributed by atoms with Crippen LogP contribution in [0.5, 0.6) is 0 Å². The molecule has 5 heterocycles. The number of fused-ring (bicyclic) bond motifs is 21. The Morgan fingerprint density at radius 2 is 1.05 bits per heavy atom. The Balaban J connectivity index is 0.979. The quantitative estimate of drug-likeness (QED) is 0.166. The molecule has 0 bridgehead atoms. The molecule has 0 N–H and O–H groups in total. The molecule has 9 aromatic carbocycles. The van der Waals surface area contributed by atoms with Crippen molar-refractivity contribution in [2.75, 3.05) is 0 Å². The van der Waals surface area contributed by atoms with Crippen LogP contribution in [0.2, 0.25) is 0 Å². The van der Waals surface area contributed by atoms with Crippen molar-refractivity contribution in [3.8, 4) is 22.3 Å². The molecule has 0 saturated carbocycles. The van der Waals surface area contributed by atoms with Crippen LogP contribution in [0.1, 0.15) is 0 Å². The minimum Gasteiger partial charge on any atom is -0.456 e. The Hall–Kier alpha value is -7.89. The lowest BCUT2D eigenvalue weighted by Crippen LogP contribution is -1.93. The normalized spacial score (nSPS) is 12.5. The van der Waals surface area contributed by atoms with Crippen LogP contribution in [-0.2, 0) is 0 Å². The first kappa shape index (κ1) is 30.3. The molecule has 0 aliphatic rings. The second kappa shape index (κ2) is 10.9. The van der Waals surface area contributed by atoms with Gasteiger partial charge in [-0.25, -0.2) is 4.98 Å². The Labute approximate surface area is 328 Å². The van der Waals surface area contributed by atoms with Crippen molar-refractivity contribution in [2.45, 2.75) is 0 Å². The van der Waals surface area contributed by atoms with Gasteiger partial charge in [0.15, 0.2) is 0 Å². The number of nitrogens with zero attached hydrogens (tertiary/aromatic N) is 2. The molecule has 5 aromatic heterocycles. The van der Waals surface area contributed by atoms with Gasteiger partial charge in [-0.15, -0.1) is 0 Å². The molecular weight excluding hydrogens is 713 g/mol. The first-order valence-electron chi connectivity index (χ1n) is 19.6. The number of imidazole rings is 1. The Kier molecular flexibility index (Phi) is 5.70. The Morgan fingerprint density at radius 1 is 0.362 bits per heavy atom. The van der Waals surface area contributed by atoms with Gasteiger partial charge in [-0.3, -0.25) is 4.40 Å². The number of rotatable bonds is 2. The van der Waals surface area contributed by atoms with Gasteiger partial charge in [0.05, 0.1) is 21.9 Å². The van der Waals surface area contributed by atoms with Crippen molar-refractivity contribution >= 4 is 115 Å². The monoisotopic (exact) mass is 740 g/mol. The number of pyridine rings is 1. The smallest absolute Gasteiger partial charge is 0.147 e. The number of benzene rings is 9. The van der Waals surface area contributed by atoms with Gasteiger partial charge in [0, 0.05) is 43.3 Å². The summed E-state index contributed by atoms with van der Waals surface area (Å²) < 4.78 is 22.3. The lowest BCUT2D eigenvalue weighted by molar-refractivity contribution is 0.660. The first-order chi connectivity index (χ1) is 28.7. The van der Waals surface area contributed by atoms with Crippen LogP contribution in [0.15, 0.2) is 183 Å². The van der Waals surface area contributed by atoms with E-state index < -0.39 is 0 Å². The van der Waals surface area contributed by atoms with E-state index in [2.05, 4.69) is 150 Å². The molecule has 268 valence electrons. The predicted octanol–water partition coefficient (Wildman–Crippen LogP) is 15.0. The molecule has 0 spiro atoms. The van der Waals surface area contributed by atoms with E-state index in [1.807, 2.05) is 24.3 Å². The van der Waals surface area contributed by atoms with Crippen molar-refractivity contribution < 1.29 is 13.3 Å². The van der Waals surface area contributed by atoms with Crippen LogP contribution in [-0.4, -0.2) is 9.38 Å². The van der Waals surface area contributed by atoms with Crippen LogP contribution < -0.4 is 0 Å². The highest BCUT2D eigenvalue weighted by atomic mass is 16.3. The molecule has 0 atom stereocenters. The number of para-hydroxylation sites is 4. The molecule has 0 unspecified atom stereocenters. The molecular formula is C53H28N2O3. The van der Waals surface area contributed by atoms with E-state index >= 15 is 0 Å². The van der Waals surface area contributed by atoms with Crippen LogP contribution in [0.25, 0.3) is 137 Å². The average Bonchev–Trinajstić information content (AvgIpc) is 4.05. The molecule has 0 aliphatic carbocycles. The molecule has 58 heavy (non-hydrogen) atoms. The van der Waals surface area contributed by atoms with E-state index in [1.165, 1.54) is 26.9 Å². The third-order valence-corrected chi connectivity index (χ3v) is 12.4. The Morgan fingerprint density at radius 3 is 1.95 bits per heavy atom. The van der Waals surface area contributed by atoms with Gasteiger partial charge in [0.25, 0.3) is 0 Å². The molecule has 14 aromatic rings. The summed E-state index contributed by atoms with van der Waals surface area (Å²) in [6.07, 6.45) is 0. The second-order valence-corrected chi connectivity index (χ2v) is 15.4. The van der Waals surface area contributed by atoms with E-state index in [0.717, 1.165) is 110 Å². The molecule has 0 amide bonds. The van der Waals surface area contributed by atoms with Gasteiger partial charge in [0.2, 0.25) is 0 Å². The number of hydrogen-bond donors (Lipinski definition) is 0. The maximum Gasteiger partial charge on any atom is 0.147 e. The van der Waals surface area contributed by atoms with Crippen LogP contribution >= 0.6 is 0 Å². The predicted molar refractivity (Wildman–Crippen MR) is 238 cm³/mol. The van der Waals surface area contributed by atoms with E-state index in [1.54, 1.807) is 0 Å². The highest BCUT2D eigenvalue weighted by Crippen LogP contribution is 2.48. The zero-order valence-electron chi connectivity index (χ0n) is 30.8. The summed E-state index contributed by atoms with van der Waals surface area (Å²) in [6, 6.07) is 60.0. The summed E-state index contributed by atoms with van der Waals surface area (Å²) in [4.78, 5) is 5.23. The zero-order chi connectivity index (χ0) is 37.6. The lowest BCUT2D eigenvalue weighted by atomic mass is 9.95. The summed E-state index contributed by atoms with van der Waals surface area (Å²) in [5.74, 6) is 0. The van der Waals surface area contributed by atoms with Crippen molar-refractivity contribution in [1.29, 1.82) is 0 Å². The van der Waals surface area contributed by atoms with Gasteiger partial charge in [-0.05, 0) is 81.4 Å². The van der Waals surface area contributed by atoms with Crippen molar-refractivity contribution in [2.24, 2.45) is 0 Å². The topological polar surface area (TPSA) is 56.7 Å². The van der Waals surface area contributed by atoms with Gasteiger partial charge in [-0.1, -0.05) is 121 Å². The van der Waals surface area contributed by atoms with E-state index in [-0.39, 0.29) is 0 Å². The molecule has 14 rings (SSSR count). The van der Waals surface area contributed by atoms with Crippen LogP contribution in [0.4, 0.5) is 0 Å². The van der Waals surface area contributed by atoms with Crippen LogP contribution in [0, 0.1) is 0 Å². The van der Waals surface area contributed by atoms with Crippen molar-refractivity contribution in [3.63, 3.8) is 0 Å². The van der Waals surface area contributed by atoms with E-state index in [9.17, 15) is 0 Å². The molecule has 0 radical (unpaired) electrons. The third-order valence-electron chi connectivity index (χ3n) is 12.4. The van der Waals surface area contributed by atoms with Gasteiger partial charge in [-0.2, -0.15) is 0 Å². The van der Waals surface area contributed by atoms with Gasteiger partial charge >= 0.3 is 0 Å². The zero-order valence-corrected chi connectivity index (χ0v) is 30.8. The maximum atomic E-state index is 6.75. The van der Waals surface area contributed by atoms with Crippen LogP contribution in [0.3, 0.4) is 0 Å². The highest BCUT2D eigenvalue weighted by Gasteiger charge is 2.24. The number of hydrogen-bond acceptors (Lipinski definition) is 4. The standard InChI is InChI=1S/C53H28N2O3/c1-2-10-33-30(9-1)21-24-36-34-23-22-32(27-42(34)55-41-14-6-5-13-40(41)54-53(55)47(33)36)29-17-19-31(20-18-29)39-28-46-49(48-38-12-4-8-16-44(38)58-52(39)48)50-45(56-46)26-25-37-35-11-3-7-15-43(35)57-51(37)50/h1-28H.